The summed E-state index contributed by atoms with van der Waals surface area (Å²) in [6.07, 6.45) is 18.0. The van der Waals surface area contributed by atoms with Gasteiger partial charge in [-0.1, -0.05) is 63.1 Å². The van der Waals surface area contributed by atoms with E-state index in [0.717, 1.165) is 0 Å². The summed E-state index contributed by atoms with van der Waals surface area (Å²) in [5.74, 6) is 0. The zero-order chi connectivity index (χ0) is 17.8. The van der Waals surface area contributed by atoms with Crippen LogP contribution in [0.4, 0.5) is 0 Å². The molecule has 0 amide bonds. The summed E-state index contributed by atoms with van der Waals surface area (Å²) in [6.45, 7) is 2.29. The van der Waals surface area contributed by atoms with E-state index in [9.17, 15) is 0 Å². The van der Waals surface area contributed by atoms with Gasteiger partial charge in [-0.05, 0) is 73.5 Å². The normalized spacial score (nSPS) is 28.0. The van der Waals surface area contributed by atoms with Gasteiger partial charge in [-0.25, -0.2) is 0 Å². The highest BCUT2D eigenvalue weighted by molar-refractivity contribution is 6.31. The van der Waals surface area contributed by atoms with Gasteiger partial charge in [-0.15, -0.1) is 0 Å². The third kappa shape index (κ3) is 4.06. The monoisotopic (exact) mass is 357 g/mol. The van der Waals surface area contributed by atoms with Crippen molar-refractivity contribution in [2.24, 2.45) is 5.41 Å². The molecule has 4 rings (SSSR count). The number of unbranched alkanes of at least 4 members (excludes halogenated alkanes) is 5. The molecule has 1 aromatic rings. The lowest BCUT2D eigenvalue weighted by Crippen LogP contribution is -2.44. The van der Waals surface area contributed by atoms with Gasteiger partial charge in [-0.2, -0.15) is 5.26 Å². The number of rotatable bonds is 8. The Morgan fingerprint density at radius 3 is 2.20 bits per heavy atom. The molecule has 0 radical (unpaired) electrons. The van der Waals surface area contributed by atoms with E-state index in [1.54, 1.807) is 0 Å². The molecule has 0 saturated heterocycles. The van der Waals surface area contributed by atoms with Crippen molar-refractivity contribution in [2.75, 3.05) is 0 Å². The van der Waals surface area contributed by atoms with Crippen molar-refractivity contribution in [1.82, 2.24) is 0 Å². The second kappa shape index (κ2) is 8.13. The van der Waals surface area contributed by atoms with Crippen molar-refractivity contribution < 1.29 is 0 Å². The predicted molar refractivity (Wildman–Crippen MR) is 106 cm³/mol. The minimum absolute atomic E-state index is 0.334. The van der Waals surface area contributed by atoms with Gasteiger partial charge >= 0.3 is 0 Å². The molecule has 0 atom stereocenters. The molecule has 1 aromatic carbocycles. The topological polar surface area (TPSA) is 23.8 Å². The quantitative estimate of drug-likeness (QED) is 0.440. The number of hydrogen-bond donors (Lipinski definition) is 0. The lowest BCUT2D eigenvalue weighted by Gasteiger charge is -2.54. The Morgan fingerprint density at radius 1 is 0.960 bits per heavy atom. The molecule has 25 heavy (non-hydrogen) atoms. The predicted octanol–water partition coefficient (Wildman–Crippen LogP) is 7.55. The van der Waals surface area contributed by atoms with Crippen LogP contribution < -0.4 is 0 Å². The van der Waals surface area contributed by atoms with Crippen molar-refractivity contribution in [2.45, 2.75) is 95.8 Å². The molecule has 0 aromatic heterocycles. The van der Waals surface area contributed by atoms with Crippen LogP contribution >= 0.6 is 11.6 Å². The zero-order valence-electron chi connectivity index (χ0n) is 15.7. The highest BCUT2D eigenvalue weighted by Crippen LogP contribution is 2.59. The minimum atomic E-state index is 0.334. The second-order valence-corrected chi connectivity index (χ2v) is 9.01. The average Bonchev–Trinajstić information content (AvgIpc) is 2.66. The molecule has 3 aliphatic carbocycles. The maximum absolute atomic E-state index is 9.10. The third-order valence-electron chi connectivity index (χ3n) is 7.16. The number of nitriles is 1. The van der Waals surface area contributed by atoms with Gasteiger partial charge in [0.25, 0.3) is 0 Å². The summed E-state index contributed by atoms with van der Waals surface area (Å²) < 4.78 is 0. The lowest BCUT2D eigenvalue weighted by atomic mass is 9.51. The van der Waals surface area contributed by atoms with Gasteiger partial charge in [0.1, 0.15) is 6.07 Å². The number of halogens is 1. The molecule has 0 aliphatic heterocycles. The Balaban J connectivity index is 1.55. The van der Waals surface area contributed by atoms with Gasteiger partial charge in [0, 0.05) is 0 Å². The Morgan fingerprint density at radius 2 is 1.60 bits per heavy atom. The van der Waals surface area contributed by atoms with Crippen molar-refractivity contribution in [3.8, 4) is 6.07 Å². The van der Waals surface area contributed by atoms with Crippen LogP contribution in [0.3, 0.4) is 0 Å². The molecule has 3 fully saturated rings. The minimum Gasteiger partial charge on any atom is -0.192 e. The van der Waals surface area contributed by atoms with Crippen LogP contribution in [0.2, 0.25) is 5.02 Å². The fourth-order valence-electron chi connectivity index (χ4n) is 5.29. The molecule has 2 bridgehead atoms. The molecule has 1 nitrogen and oxygen atoms in total. The second-order valence-electron chi connectivity index (χ2n) is 8.60. The van der Waals surface area contributed by atoms with Crippen molar-refractivity contribution in [3.05, 3.63) is 34.3 Å². The maximum atomic E-state index is 9.10. The molecule has 3 saturated carbocycles. The highest BCUT2D eigenvalue weighted by Gasteiger charge is 2.48. The molecular formula is C23H32ClN. The fourth-order valence-corrected chi connectivity index (χ4v) is 5.51. The molecule has 0 spiro atoms. The lowest BCUT2D eigenvalue weighted by molar-refractivity contribution is 0.0304. The third-order valence-corrected chi connectivity index (χ3v) is 7.48. The standard InChI is InChI=1S/C23H32ClN/c1-2-3-4-5-6-7-10-22-11-14-23(15-12-22,16-13-22)20-9-8-19(18-25)21(24)17-20/h8-9,17H,2-7,10-16H2,1H3. The van der Waals surface area contributed by atoms with Crippen LogP contribution in [0.5, 0.6) is 0 Å². The van der Waals surface area contributed by atoms with Crippen LogP contribution in [0.1, 0.15) is 102 Å². The average molecular weight is 358 g/mol. The first kappa shape index (κ1) is 18.8. The van der Waals surface area contributed by atoms with E-state index in [1.807, 2.05) is 6.07 Å². The van der Waals surface area contributed by atoms with E-state index in [4.69, 9.17) is 16.9 Å². The van der Waals surface area contributed by atoms with E-state index in [0.29, 0.717) is 21.4 Å². The van der Waals surface area contributed by atoms with Gasteiger partial charge in [0.15, 0.2) is 0 Å². The number of fused-ring (bicyclic) bond motifs is 3. The van der Waals surface area contributed by atoms with Gasteiger partial charge < -0.3 is 0 Å². The SMILES string of the molecule is CCCCCCCCC12CCC(c3ccc(C#N)c(Cl)c3)(CC1)CC2. The zero-order valence-corrected chi connectivity index (χ0v) is 16.5. The van der Waals surface area contributed by atoms with E-state index >= 15 is 0 Å². The molecule has 3 aliphatic rings. The van der Waals surface area contributed by atoms with Crippen molar-refractivity contribution >= 4 is 11.6 Å². The molecule has 0 unspecified atom stereocenters. The van der Waals surface area contributed by atoms with Crippen LogP contribution in [0.25, 0.3) is 0 Å². The number of nitrogens with zero attached hydrogens (tertiary/aromatic N) is 1. The smallest absolute Gasteiger partial charge is 0.101 e. The largest absolute Gasteiger partial charge is 0.192 e. The first-order valence-corrected chi connectivity index (χ1v) is 10.7. The first-order chi connectivity index (χ1) is 12.1. The van der Waals surface area contributed by atoms with E-state index in [2.05, 4.69) is 25.1 Å². The molecule has 0 N–H and O–H groups in total. The Bertz CT molecular complexity index is 603. The maximum Gasteiger partial charge on any atom is 0.101 e. The van der Waals surface area contributed by atoms with Crippen molar-refractivity contribution in [1.29, 1.82) is 5.26 Å². The Hall–Kier alpha value is -1.00. The molecular weight excluding hydrogens is 326 g/mol. The van der Waals surface area contributed by atoms with E-state index in [1.165, 1.54) is 89.0 Å². The van der Waals surface area contributed by atoms with E-state index < -0.39 is 0 Å². The van der Waals surface area contributed by atoms with Crippen LogP contribution in [0.15, 0.2) is 18.2 Å². The van der Waals surface area contributed by atoms with Crippen LogP contribution in [-0.4, -0.2) is 0 Å². The summed E-state index contributed by atoms with van der Waals surface area (Å²) in [4.78, 5) is 0. The summed E-state index contributed by atoms with van der Waals surface area (Å²) in [7, 11) is 0. The fraction of sp³-hybridized carbons (Fsp3) is 0.696. The molecule has 0 heterocycles. The molecule has 136 valence electrons. The molecule has 2 heteroatoms. The highest BCUT2D eigenvalue weighted by atomic mass is 35.5. The summed E-state index contributed by atoms with van der Waals surface area (Å²) >= 11 is 6.31. The van der Waals surface area contributed by atoms with Crippen LogP contribution in [0, 0.1) is 16.7 Å². The van der Waals surface area contributed by atoms with Gasteiger partial charge in [-0.3, -0.25) is 0 Å². The van der Waals surface area contributed by atoms with Crippen molar-refractivity contribution in [3.63, 3.8) is 0 Å². The Kier molecular flexibility index (Phi) is 6.11. The Labute approximate surface area is 158 Å². The summed E-state index contributed by atoms with van der Waals surface area (Å²) in [5.41, 5.74) is 2.96. The van der Waals surface area contributed by atoms with Gasteiger partial charge in [0.05, 0.1) is 10.6 Å². The van der Waals surface area contributed by atoms with Crippen LogP contribution in [-0.2, 0) is 5.41 Å². The summed E-state index contributed by atoms with van der Waals surface area (Å²) in [5, 5.41) is 9.73. The van der Waals surface area contributed by atoms with E-state index in [-0.39, 0.29) is 0 Å². The number of benzene rings is 1. The first-order valence-electron chi connectivity index (χ1n) is 10.3. The summed E-state index contributed by atoms with van der Waals surface area (Å²) in [6, 6.07) is 8.34. The van der Waals surface area contributed by atoms with Gasteiger partial charge in [0.2, 0.25) is 0 Å². The number of hydrogen-bond acceptors (Lipinski definition) is 1.